The van der Waals surface area contributed by atoms with E-state index in [0.717, 1.165) is 38.3 Å². The van der Waals surface area contributed by atoms with Crippen molar-refractivity contribution in [2.24, 2.45) is 0 Å². The lowest BCUT2D eigenvalue weighted by atomic mass is 10.0. The summed E-state index contributed by atoms with van der Waals surface area (Å²) in [5, 5.41) is 13.0. The molecule has 0 bridgehead atoms. The number of anilines is 1. The Labute approximate surface area is 168 Å². The normalized spacial score (nSPS) is 15.0. The van der Waals surface area contributed by atoms with E-state index < -0.39 is 0 Å². The molecule has 5 nitrogen and oxygen atoms in total. The lowest BCUT2D eigenvalue weighted by Gasteiger charge is -2.35. The smallest absolute Gasteiger partial charge is 0.234 e. The van der Waals surface area contributed by atoms with Crippen molar-refractivity contribution in [3.8, 4) is 5.75 Å². The molecule has 3 rings (SSSR count). The van der Waals surface area contributed by atoms with Crippen molar-refractivity contribution in [3.63, 3.8) is 0 Å². The van der Waals surface area contributed by atoms with Gasteiger partial charge < -0.3 is 15.3 Å². The Morgan fingerprint density at radius 2 is 1.71 bits per heavy atom. The van der Waals surface area contributed by atoms with Crippen LogP contribution < -0.4 is 10.2 Å². The molecule has 1 fully saturated rings. The molecule has 0 radical (unpaired) electrons. The minimum absolute atomic E-state index is 0.0785. The second kappa shape index (κ2) is 9.60. The van der Waals surface area contributed by atoms with Gasteiger partial charge in [-0.25, -0.2) is 0 Å². The molecular formula is C23H31N3O2. The average Bonchev–Trinajstić information content (AvgIpc) is 2.69. The molecule has 2 aromatic carbocycles. The predicted octanol–water partition coefficient (Wildman–Crippen LogP) is 3.00. The van der Waals surface area contributed by atoms with Crippen LogP contribution in [0.2, 0.25) is 0 Å². The van der Waals surface area contributed by atoms with Crippen LogP contribution >= 0.6 is 0 Å². The van der Waals surface area contributed by atoms with Crippen molar-refractivity contribution in [1.82, 2.24) is 10.2 Å². The Balaban J connectivity index is 1.37. The summed E-state index contributed by atoms with van der Waals surface area (Å²) in [6, 6.07) is 16.1. The topological polar surface area (TPSA) is 55.8 Å². The van der Waals surface area contributed by atoms with Crippen LogP contribution in [0.5, 0.6) is 5.75 Å². The number of nitrogens with one attached hydrogen (secondary N) is 1. The number of benzene rings is 2. The number of carbonyl (C=O) groups is 1. The van der Waals surface area contributed by atoms with Gasteiger partial charge in [-0.3, -0.25) is 9.69 Å². The van der Waals surface area contributed by atoms with E-state index in [2.05, 4.69) is 53.2 Å². The van der Waals surface area contributed by atoms with Crippen LogP contribution in [-0.4, -0.2) is 55.2 Å². The molecule has 0 spiro atoms. The summed E-state index contributed by atoms with van der Waals surface area (Å²) in [6.45, 7) is 8.74. The molecule has 1 heterocycles. The summed E-state index contributed by atoms with van der Waals surface area (Å²) in [7, 11) is 0. The summed E-state index contributed by atoms with van der Waals surface area (Å²) in [5.41, 5.74) is 3.46. The van der Waals surface area contributed by atoms with Crippen LogP contribution in [0.15, 0.2) is 48.5 Å². The van der Waals surface area contributed by atoms with Crippen LogP contribution in [0, 0.1) is 0 Å². The Kier molecular flexibility index (Phi) is 6.93. The first kappa shape index (κ1) is 20.2. The third-order valence-electron chi connectivity index (χ3n) is 5.34. The Morgan fingerprint density at radius 1 is 1.04 bits per heavy atom. The highest BCUT2D eigenvalue weighted by Gasteiger charge is 2.20. The number of nitrogens with zero attached hydrogens (tertiary/aromatic N) is 2. The molecule has 1 aliphatic rings. The molecule has 0 aromatic heterocycles. The fourth-order valence-electron chi connectivity index (χ4n) is 3.55. The zero-order valence-electron chi connectivity index (χ0n) is 16.9. The highest BCUT2D eigenvalue weighted by molar-refractivity contribution is 5.78. The average molecular weight is 382 g/mol. The summed E-state index contributed by atoms with van der Waals surface area (Å²) < 4.78 is 0. The third kappa shape index (κ3) is 5.49. The molecule has 1 aliphatic heterocycles. The molecule has 5 heteroatoms. The largest absolute Gasteiger partial charge is 0.506 e. The van der Waals surface area contributed by atoms with Crippen molar-refractivity contribution in [2.75, 3.05) is 44.2 Å². The predicted molar refractivity (Wildman–Crippen MR) is 114 cm³/mol. The lowest BCUT2D eigenvalue weighted by Crippen LogP contribution is -2.49. The summed E-state index contributed by atoms with van der Waals surface area (Å²) in [4.78, 5) is 16.6. The second-order valence-corrected chi connectivity index (χ2v) is 7.75. The zero-order valence-corrected chi connectivity index (χ0v) is 16.9. The van der Waals surface area contributed by atoms with Crippen molar-refractivity contribution in [2.45, 2.75) is 26.2 Å². The lowest BCUT2D eigenvalue weighted by molar-refractivity contribution is -0.122. The minimum Gasteiger partial charge on any atom is -0.506 e. The molecule has 2 N–H and O–H groups in total. The minimum atomic E-state index is 0.0785. The number of para-hydroxylation sites is 2. The van der Waals surface area contributed by atoms with Crippen molar-refractivity contribution in [1.29, 1.82) is 0 Å². The van der Waals surface area contributed by atoms with Gasteiger partial charge in [0.25, 0.3) is 0 Å². The Bertz CT molecular complexity index is 766. The van der Waals surface area contributed by atoms with Gasteiger partial charge in [0.05, 0.1) is 12.2 Å². The molecular weight excluding hydrogens is 350 g/mol. The van der Waals surface area contributed by atoms with E-state index in [1.165, 1.54) is 11.1 Å². The van der Waals surface area contributed by atoms with Gasteiger partial charge in [-0.2, -0.15) is 0 Å². The van der Waals surface area contributed by atoms with Crippen LogP contribution in [0.25, 0.3) is 0 Å². The Hall–Kier alpha value is -2.53. The van der Waals surface area contributed by atoms with E-state index in [1.54, 1.807) is 6.07 Å². The maximum absolute atomic E-state index is 12.2. The molecule has 150 valence electrons. The molecule has 1 saturated heterocycles. The standard InChI is InChI=1S/C23H31N3O2/c1-18(2)20-9-7-19(8-10-20)11-12-24-23(28)17-25-13-15-26(16-14-25)21-5-3-4-6-22(21)27/h3-10,18,27H,11-17H2,1-2H3,(H,24,28). The molecule has 0 saturated carbocycles. The van der Waals surface area contributed by atoms with Crippen LogP contribution in [0.1, 0.15) is 30.9 Å². The number of hydrogen-bond donors (Lipinski definition) is 2. The second-order valence-electron chi connectivity index (χ2n) is 7.75. The fraction of sp³-hybridized carbons (Fsp3) is 0.435. The number of amides is 1. The van der Waals surface area contributed by atoms with Gasteiger partial charge in [0.2, 0.25) is 5.91 Å². The maximum Gasteiger partial charge on any atom is 0.234 e. The van der Waals surface area contributed by atoms with Gasteiger partial charge in [-0.05, 0) is 35.6 Å². The van der Waals surface area contributed by atoms with E-state index in [0.29, 0.717) is 24.8 Å². The number of rotatable bonds is 7. The van der Waals surface area contributed by atoms with Crippen molar-refractivity contribution < 1.29 is 9.90 Å². The van der Waals surface area contributed by atoms with Gasteiger partial charge in [-0.1, -0.05) is 50.2 Å². The quantitative estimate of drug-likeness (QED) is 0.774. The summed E-state index contributed by atoms with van der Waals surface area (Å²) >= 11 is 0. The first-order chi connectivity index (χ1) is 13.5. The number of phenolic OH excluding ortho intramolecular Hbond substituents is 1. The number of hydrogen-bond acceptors (Lipinski definition) is 4. The van der Waals surface area contributed by atoms with E-state index in [-0.39, 0.29) is 5.91 Å². The number of aromatic hydroxyl groups is 1. The first-order valence-electron chi connectivity index (χ1n) is 10.1. The zero-order chi connectivity index (χ0) is 19.9. The molecule has 1 amide bonds. The molecule has 2 aromatic rings. The Morgan fingerprint density at radius 3 is 2.36 bits per heavy atom. The van der Waals surface area contributed by atoms with E-state index in [1.807, 2.05) is 18.2 Å². The van der Waals surface area contributed by atoms with Gasteiger partial charge >= 0.3 is 0 Å². The monoisotopic (exact) mass is 381 g/mol. The highest BCUT2D eigenvalue weighted by atomic mass is 16.3. The van der Waals surface area contributed by atoms with Crippen molar-refractivity contribution >= 4 is 11.6 Å². The fourth-order valence-corrected chi connectivity index (χ4v) is 3.55. The molecule has 28 heavy (non-hydrogen) atoms. The van der Waals surface area contributed by atoms with Gasteiger partial charge in [0.15, 0.2) is 0 Å². The highest BCUT2D eigenvalue weighted by Crippen LogP contribution is 2.27. The summed E-state index contributed by atoms with van der Waals surface area (Å²) in [5.74, 6) is 0.935. The van der Waals surface area contributed by atoms with E-state index in [4.69, 9.17) is 0 Å². The number of piperazine rings is 1. The van der Waals surface area contributed by atoms with Crippen LogP contribution in [0.3, 0.4) is 0 Å². The molecule has 0 atom stereocenters. The van der Waals surface area contributed by atoms with Crippen molar-refractivity contribution in [3.05, 3.63) is 59.7 Å². The van der Waals surface area contributed by atoms with Crippen LogP contribution in [0.4, 0.5) is 5.69 Å². The first-order valence-corrected chi connectivity index (χ1v) is 10.1. The maximum atomic E-state index is 12.2. The van der Waals surface area contributed by atoms with E-state index >= 15 is 0 Å². The number of phenols is 1. The number of carbonyl (C=O) groups excluding carboxylic acids is 1. The van der Waals surface area contributed by atoms with Gasteiger partial charge in [0.1, 0.15) is 5.75 Å². The van der Waals surface area contributed by atoms with Crippen LogP contribution in [-0.2, 0) is 11.2 Å². The van der Waals surface area contributed by atoms with Gasteiger partial charge in [-0.15, -0.1) is 0 Å². The third-order valence-corrected chi connectivity index (χ3v) is 5.34. The SMILES string of the molecule is CC(C)c1ccc(CCNC(=O)CN2CCN(c3ccccc3O)CC2)cc1. The summed E-state index contributed by atoms with van der Waals surface area (Å²) in [6.07, 6.45) is 0.852. The molecule has 0 aliphatic carbocycles. The van der Waals surface area contributed by atoms with Gasteiger partial charge in [0, 0.05) is 32.7 Å². The van der Waals surface area contributed by atoms with E-state index in [9.17, 15) is 9.90 Å². The molecule has 0 unspecified atom stereocenters.